The van der Waals surface area contributed by atoms with Gasteiger partial charge in [0.05, 0.1) is 5.52 Å². The normalized spacial score (nSPS) is 15.0. The Bertz CT molecular complexity index is 1030. The molecule has 1 aliphatic carbocycles. The molecule has 0 aliphatic heterocycles. The SMILES string of the molecule is O=C(Nc1ccc(C2CCCCC2)cc1)c1c(O)c2ccccc2[nH]c1=O. The Kier molecular flexibility index (Phi) is 4.67. The van der Waals surface area contributed by atoms with Crippen molar-refractivity contribution in [2.45, 2.75) is 38.0 Å². The molecule has 0 unspecified atom stereocenters. The Hall–Kier alpha value is -3.08. The van der Waals surface area contributed by atoms with E-state index in [9.17, 15) is 14.7 Å². The number of amides is 1. The number of carbonyl (C=O) groups excluding carboxylic acids is 1. The number of hydrogen-bond acceptors (Lipinski definition) is 3. The number of pyridine rings is 1. The maximum atomic E-state index is 12.6. The fourth-order valence-electron chi connectivity index (χ4n) is 3.90. The van der Waals surface area contributed by atoms with Crippen molar-refractivity contribution in [3.63, 3.8) is 0 Å². The molecule has 0 spiro atoms. The summed E-state index contributed by atoms with van der Waals surface area (Å²) in [4.78, 5) is 27.5. The Labute approximate surface area is 157 Å². The van der Waals surface area contributed by atoms with Gasteiger partial charge in [0, 0.05) is 11.1 Å². The van der Waals surface area contributed by atoms with Gasteiger partial charge >= 0.3 is 0 Å². The molecule has 5 nitrogen and oxygen atoms in total. The first kappa shape index (κ1) is 17.3. The van der Waals surface area contributed by atoms with Crippen LogP contribution in [-0.4, -0.2) is 16.0 Å². The average molecular weight is 362 g/mol. The van der Waals surface area contributed by atoms with Crippen LogP contribution in [0.1, 0.15) is 53.9 Å². The molecular weight excluding hydrogens is 340 g/mol. The van der Waals surface area contributed by atoms with E-state index >= 15 is 0 Å². The number of para-hydroxylation sites is 1. The van der Waals surface area contributed by atoms with Crippen molar-refractivity contribution in [1.29, 1.82) is 0 Å². The maximum Gasteiger partial charge on any atom is 0.265 e. The quantitative estimate of drug-likeness (QED) is 0.640. The summed E-state index contributed by atoms with van der Waals surface area (Å²) in [5.41, 5.74) is 1.51. The molecule has 3 aromatic rings. The molecule has 138 valence electrons. The first-order valence-corrected chi connectivity index (χ1v) is 9.39. The highest BCUT2D eigenvalue weighted by atomic mass is 16.3. The summed E-state index contributed by atoms with van der Waals surface area (Å²) in [6, 6.07) is 14.6. The second-order valence-electron chi connectivity index (χ2n) is 7.13. The van der Waals surface area contributed by atoms with E-state index in [2.05, 4.69) is 10.3 Å². The number of anilines is 1. The van der Waals surface area contributed by atoms with E-state index in [1.54, 1.807) is 24.3 Å². The van der Waals surface area contributed by atoms with E-state index in [1.165, 1.54) is 37.7 Å². The van der Waals surface area contributed by atoms with Gasteiger partial charge in [-0.05, 0) is 48.6 Å². The smallest absolute Gasteiger partial charge is 0.265 e. The van der Waals surface area contributed by atoms with Crippen LogP contribution in [0.15, 0.2) is 53.3 Å². The predicted octanol–water partition coefficient (Wildman–Crippen LogP) is 4.53. The first-order chi connectivity index (χ1) is 13.1. The summed E-state index contributed by atoms with van der Waals surface area (Å²) in [5.74, 6) is -0.327. The van der Waals surface area contributed by atoms with Gasteiger partial charge in [-0.25, -0.2) is 0 Å². The van der Waals surface area contributed by atoms with E-state index < -0.39 is 11.5 Å². The van der Waals surface area contributed by atoms with E-state index in [0.29, 0.717) is 22.5 Å². The summed E-state index contributed by atoms with van der Waals surface area (Å²) >= 11 is 0. The number of rotatable bonds is 3. The van der Waals surface area contributed by atoms with Gasteiger partial charge in [-0.3, -0.25) is 9.59 Å². The zero-order chi connectivity index (χ0) is 18.8. The second kappa shape index (κ2) is 7.27. The lowest BCUT2D eigenvalue weighted by Crippen LogP contribution is -2.23. The van der Waals surface area contributed by atoms with Gasteiger partial charge < -0.3 is 15.4 Å². The van der Waals surface area contributed by atoms with Gasteiger partial charge in [0.15, 0.2) is 0 Å². The number of fused-ring (bicyclic) bond motifs is 1. The van der Waals surface area contributed by atoms with E-state index in [0.717, 1.165) is 0 Å². The molecule has 27 heavy (non-hydrogen) atoms. The molecule has 0 saturated heterocycles. The van der Waals surface area contributed by atoms with Crippen LogP contribution in [0.2, 0.25) is 0 Å². The van der Waals surface area contributed by atoms with E-state index in [1.807, 2.05) is 24.3 Å². The first-order valence-electron chi connectivity index (χ1n) is 9.39. The zero-order valence-electron chi connectivity index (χ0n) is 15.0. The van der Waals surface area contributed by atoms with Crippen LogP contribution in [0.3, 0.4) is 0 Å². The second-order valence-corrected chi connectivity index (χ2v) is 7.13. The standard InChI is InChI=1S/C22H22N2O3/c25-20-17-8-4-5-9-18(17)24-22(27)19(20)21(26)23-16-12-10-15(11-13-16)14-6-2-1-3-7-14/h4-5,8-14H,1-3,6-7H2,(H,23,26)(H2,24,25,27). The third-order valence-electron chi connectivity index (χ3n) is 5.37. The number of aromatic hydroxyl groups is 1. The van der Waals surface area contributed by atoms with Gasteiger partial charge in [-0.1, -0.05) is 43.5 Å². The highest BCUT2D eigenvalue weighted by Gasteiger charge is 2.20. The lowest BCUT2D eigenvalue weighted by molar-refractivity contribution is 0.102. The topological polar surface area (TPSA) is 82.2 Å². The highest BCUT2D eigenvalue weighted by Crippen LogP contribution is 2.33. The third-order valence-corrected chi connectivity index (χ3v) is 5.37. The Morgan fingerprint density at radius 3 is 2.44 bits per heavy atom. The van der Waals surface area contributed by atoms with Crippen LogP contribution in [-0.2, 0) is 0 Å². The van der Waals surface area contributed by atoms with Crippen LogP contribution in [0.5, 0.6) is 5.75 Å². The molecule has 1 aromatic heterocycles. The van der Waals surface area contributed by atoms with Crippen LogP contribution < -0.4 is 10.9 Å². The molecule has 4 rings (SSSR count). The van der Waals surface area contributed by atoms with Crippen molar-refractivity contribution < 1.29 is 9.90 Å². The summed E-state index contributed by atoms with van der Waals surface area (Å²) in [5, 5.41) is 13.6. The molecule has 1 aliphatic rings. The molecule has 0 bridgehead atoms. The average Bonchev–Trinajstić information content (AvgIpc) is 2.69. The molecule has 5 heteroatoms. The lowest BCUT2D eigenvalue weighted by atomic mass is 9.84. The number of aromatic amines is 1. The fourth-order valence-corrected chi connectivity index (χ4v) is 3.90. The van der Waals surface area contributed by atoms with Gasteiger partial charge in [0.2, 0.25) is 0 Å². The Balaban J connectivity index is 1.57. The minimum absolute atomic E-state index is 0.273. The van der Waals surface area contributed by atoms with Crippen molar-refractivity contribution in [3.8, 4) is 5.75 Å². The molecule has 1 heterocycles. The van der Waals surface area contributed by atoms with Gasteiger partial charge in [0.1, 0.15) is 11.3 Å². The van der Waals surface area contributed by atoms with Crippen LogP contribution in [0, 0.1) is 0 Å². The summed E-state index contributed by atoms with van der Waals surface area (Å²) < 4.78 is 0. The van der Waals surface area contributed by atoms with E-state index in [-0.39, 0.29) is 11.3 Å². The van der Waals surface area contributed by atoms with E-state index in [4.69, 9.17) is 0 Å². The number of aromatic nitrogens is 1. The molecule has 1 fully saturated rings. The van der Waals surface area contributed by atoms with Crippen LogP contribution >= 0.6 is 0 Å². The minimum Gasteiger partial charge on any atom is -0.506 e. The molecular formula is C22H22N2O3. The fraction of sp³-hybridized carbons (Fsp3) is 0.273. The molecule has 3 N–H and O–H groups in total. The molecule has 0 radical (unpaired) electrons. The van der Waals surface area contributed by atoms with Crippen LogP contribution in [0.4, 0.5) is 5.69 Å². The number of hydrogen-bond donors (Lipinski definition) is 3. The number of H-pyrrole nitrogens is 1. The van der Waals surface area contributed by atoms with Crippen molar-refractivity contribution in [2.24, 2.45) is 0 Å². The van der Waals surface area contributed by atoms with Crippen molar-refractivity contribution in [2.75, 3.05) is 5.32 Å². The maximum absolute atomic E-state index is 12.6. The predicted molar refractivity (Wildman–Crippen MR) is 106 cm³/mol. The number of carbonyl (C=O) groups is 1. The molecule has 1 saturated carbocycles. The van der Waals surface area contributed by atoms with Gasteiger partial charge in [0.25, 0.3) is 11.5 Å². The number of benzene rings is 2. The largest absolute Gasteiger partial charge is 0.506 e. The van der Waals surface area contributed by atoms with Crippen LogP contribution in [0.25, 0.3) is 10.9 Å². The van der Waals surface area contributed by atoms with Gasteiger partial charge in [-0.2, -0.15) is 0 Å². The Morgan fingerprint density at radius 2 is 1.70 bits per heavy atom. The minimum atomic E-state index is -0.620. The summed E-state index contributed by atoms with van der Waals surface area (Å²) in [7, 11) is 0. The molecule has 2 aromatic carbocycles. The zero-order valence-corrected chi connectivity index (χ0v) is 15.0. The summed E-state index contributed by atoms with van der Waals surface area (Å²) in [6.45, 7) is 0. The lowest BCUT2D eigenvalue weighted by Gasteiger charge is -2.22. The third kappa shape index (κ3) is 3.45. The summed E-state index contributed by atoms with van der Waals surface area (Å²) in [6.07, 6.45) is 6.28. The number of nitrogens with one attached hydrogen (secondary N) is 2. The monoisotopic (exact) mass is 362 g/mol. The highest BCUT2D eigenvalue weighted by molar-refractivity contribution is 6.08. The molecule has 1 amide bonds. The molecule has 0 atom stereocenters. The van der Waals surface area contributed by atoms with Crippen molar-refractivity contribution >= 4 is 22.5 Å². The Morgan fingerprint density at radius 1 is 1.00 bits per heavy atom. The van der Waals surface area contributed by atoms with Crippen molar-refractivity contribution in [3.05, 3.63) is 70.0 Å². The van der Waals surface area contributed by atoms with Crippen molar-refractivity contribution in [1.82, 2.24) is 4.98 Å². The van der Waals surface area contributed by atoms with Gasteiger partial charge in [-0.15, -0.1) is 0 Å².